The molecule has 1 amide bonds. The average Bonchev–Trinajstić information content (AvgIpc) is 3.16. The SMILES string of the molecule is CC(=O)Nc1ccc(S(=O)(=O)N2CCN(Cc3ccc4c(c3)CCO4)CC2)cc1. The van der Waals surface area contributed by atoms with Gasteiger partial charge in [-0.15, -0.1) is 0 Å². The van der Waals surface area contributed by atoms with Gasteiger partial charge < -0.3 is 10.1 Å². The summed E-state index contributed by atoms with van der Waals surface area (Å²) in [5.41, 5.74) is 3.08. The van der Waals surface area contributed by atoms with Crippen LogP contribution < -0.4 is 10.1 Å². The summed E-state index contributed by atoms with van der Waals surface area (Å²) in [5.74, 6) is 0.793. The molecule has 29 heavy (non-hydrogen) atoms. The second-order valence-electron chi connectivity index (χ2n) is 7.43. The van der Waals surface area contributed by atoms with Crippen molar-refractivity contribution in [3.8, 4) is 5.75 Å². The molecule has 4 rings (SSSR count). The van der Waals surface area contributed by atoms with Crippen molar-refractivity contribution in [2.45, 2.75) is 24.8 Å². The number of piperazine rings is 1. The lowest BCUT2D eigenvalue weighted by Gasteiger charge is -2.34. The Hall–Kier alpha value is -2.42. The zero-order valence-electron chi connectivity index (χ0n) is 16.4. The molecule has 0 bridgehead atoms. The minimum atomic E-state index is -3.53. The van der Waals surface area contributed by atoms with Crippen molar-refractivity contribution in [3.05, 3.63) is 53.6 Å². The number of nitrogens with zero attached hydrogens (tertiary/aromatic N) is 2. The summed E-state index contributed by atoms with van der Waals surface area (Å²) in [6.45, 7) is 5.29. The molecule has 2 heterocycles. The molecule has 2 aromatic carbocycles. The highest BCUT2D eigenvalue weighted by Gasteiger charge is 2.28. The van der Waals surface area contributed by atoms with Crippen LogP contribution in [-0.2, 0) is 27.8 Å². The van der Waals surface area contributed by atoms with Gasteiger partial charge in [0.15, 0.2) is 0 Å². The Morgan fingerprint density at radius 1 is 1.07 bits per heavy atom. The van der Waals surface area contributed by atoms with Crippen molar-refractivity contribution >= 4 is 21.6 Å². The summed E-state index contributed by atoms with van der Waals surface area (Å²) in [5, 5.41) is 2.65. The molecule has 8 heteroatoms. The summed E-state index contributed by atoms with van der Waals surface area (Å²) >= 11 is 0. The third-order valence-corrected chi connectivity index (χ3v) is 7.22. The Morgan fingerprint density at radius 2 is 1.79 bits per heavy atom. The van der Waals surface area contributed by atoms with E-state index >= 15 is 0 Å². The molecule has 0 saturated carbocycles. The Morgan fingerprint density at radius 3 is 2.48 bits per heavy atom. The topological polar surface area (TPSA) is 79.0 Å². The van der Waals surface area contributed by atoms with E-state index in [0.29, 0.717) is 31.9 Å². The van der Waals surface area contributed by atoms with Gasteiger partial charge in [0, 0.05) is 51.8 Å². The number of ether oxygens (including phenoxy) is 1. The third-order valence-electron chi connectivity index (χ3n) is 5.30. The maximum absolute atomic E-state index is 12.9. The Kier molecular flexibility index (Phi) is 5.58. The fourth-order valence-electron chi connectivity index (χ4n) is 3.79. The smallest absolute Gasteiger partial charge is 0.243 e. The number of hydrogen-bond donors (Lipinski definition) is 1. The van der Waals surface area contributed by atoms with Crippen LogP contribution in [0.2, 0.25) is 0 Å². The van der Waals surface area contributed by atoms with E-state index in [4.69, 9.17) is 4.74 Å². The van der Waals surface area contributed by atoms with Gasteiger partial charge in [-0.05, 0) is 41.5 Å². The van der Waals surface area contributed by atoms with Crippen LogP contribution in [0.15, 0.2) is 47.4 Å². The van der Waals surface area contributed by atoms with Crippen molar-refractivity contribution in [1.29, 1.82) is 0 Å². The number of amides is 1. The highest BCUT2D eigenvalue weighted by molar-refractivity contribution is 7.89. The number of anilines is 1. The Balaban J connectivity index is 1.36. The molecular formula is C21H25N3O4S. The lowest BCUT2D eigenvalue weighted by Crippen LogP contribution is -2.48. The van der Waals surface area contributed by atoms with E-state index in [9.17, 15) is 13.2 Å². The maximum atomic E-state index is 12.9. The standard InChI is InChI=1S/C21H25N3O4S/c1-16(25)22-19-3-5-20(6-4-19)29(26,27)24-11-9-23(10-12-24)15-17-2-7-21-18(14-17)8-13-28-21/h2-7,14H,8-13,15H2,1H3,(H,22,25). The van der Waals surface area contributed by atoms with Crippen molar-refractivity contribution in [1.82, 2.24) is 9.21 Å². The average molecular weight is 416 g/mol. The monoisotopic (exact) mass is 415 g/mol. The van der Waals surface area contributed by atoms with E-state index in [2.05, 4.69) is 22.3 Å². The molecule has 1 saturated heterocycles. The van der Waals surface area contributed by atoms with Crippen molar-refractivity contribution in [3.63, 3.8) is 0 Å². The third kappa shape index (κ3) is 4.44. The molecule has 0 atom stereocenters. The van der Waals surface area contributed by atoms with Gasteiger partial charge in [-0.2, -0.15) is 4.31 Å². The minimum Gasteiger partial charge on any atom is -0.493 e. The second-order valence-corrected chi connectivity index (χ2v) is 9.36. The number of carbonyl (C=O) groups is 1. The molecular weight excluding hydrogens is 390 g/mol. The van der Waals surface area contributed by atoms with E-state index in [1.165, 1.54) is 22.4 Å². The van der Waals surface area contributed by atoms with Crippen LogP contribution in [0, 0.1) is 0 Å². The van der Waals surface area contributed by atoms with Crippen LogP contribution in [0.1, 0.15) is 18.1 Å². The molecule has 1 N–H and O–H groups in total. The van der Waals surface area contributed by atoms with Gasteiger partial charge in [0.2, 0.25) is 15.9 Å². The zero-order valence-corrected chi connectivity index (χ0v) is 17.2. The van der Waals surface area contributed by atoms with Gasteiger partial charge in [-0.3, -0.25) is 9.69 Å². The van der Waals surface area contributed by atoms with Gasteiger partial charge in [0.25, 0.3) is 0 Å². The molecule has 7 nitrogen and oxygen atoms in total. The van der Waals surface area contributed by atoms with Gasteiger partial charge in [-0.1, -0.05) is 12.1 Å². The number of rotatable bonds is 5. The normalized spacial score (nSPS) is 17.6. The first-order valence-corrected chi connectivity index (χ1v) is 11.2. The lowest BCUT2D eigenvalue weighted by molar-refractivity contribution is -0.114. The molecule has 154 valence electrons. The molecule has 0 radical (unpaired) electrons. The van der Waals surface area contributed by atoms with E-state index in [0.717, 1.165) is 25.3 Å². The van der Waals surface area contributed by atoms with Gasteiger partial charge in [0.05, 0.1) is 11.5 Å². The number of fused-ring (bicyclic) bond motifs is 1. The van der Waals surface area contributed by atoms with Gasteiger partial charge in [-0.25, -0.2) is 8.42 Å². The second kappa shape index (κ2) is 8.14. The summed E-state index contributed by atoms with van der Waals surface area (Å²) in [7, 11) is -3.53. The van der Waals surface area contributed by atoms with E-state index in [1.54, 1.807) is 24.3 Å². The molecule has 0 aliphatic carbocycles. The Bertz CT molecular complexity index is 997. The molecule has 2 aromatic rings. The molecule has 0 unspecified atom stereocenters. The molecule has 0 aromatic heterocycles. The molecule has 2 aliphatic heterocycles. The quantitative estimate of drug-likeness (QED) is 0.809. The fraction of sp³-hybridized carbons (Fsp3) is 0.381. The highest BCUT2D eigenvalue weighted by atomic mass is 32.2. The maximum Gasteiger partial charge on any atom is 0.243 e. The molecule has 1 fully saturated rings. The number of carbonyl (C=O) groups excluding carboxylic acids is 1. The van der Waals surface area contributed by atoms with Crippen LogP contribution in [0.5, 0.6) is 5.75 Å². The van der Waals surface area contributed by atoms with Gasteiger partial charge >= 0.3 is 0 Å². The van der Waals surface area contributed by atoms with Crippen LogP contribution in [0.3, 0.4) is 0 Å². The summed E-state index contributed by atoms with van der Waals surface area (Å²) in [6, 6.07) is 12.6. The number of benzene rings is 2. The summed E-state index contributed by atoms with van der Waals surface area (Å²) < 4.78 is 32.9. The Labute approximate surface area is 171 Å². The van der Waals surface area contributed by atoms with Gasteiger partial charge in [0.1, 0.15) is 5.75 Å². The molecule has 2 aliphatic rings. The van der Waals surface area contributed by atoms with Crippen molar-refractivity contribution < 1.29 is 17.9 Å². The van der Waals surface area contributed by atoms with Crippen LogP contribution in [0.25, 0.3) is 0 Å². The van der Waals surface area contributed by atoms with Crippen molar-refractivity contribution in [2.24, 2.45) is 0 Å². The van der Waals surface area contributed by atoms with E-state index < -0.39 is 10.0 Å². The van der Waals surface area contributed by atoms with Crippen LogP contribution >= 0.6 is 0 Å². The highest BCUT2D eigenvalue weighted by Crippen LogP contribution is 2.27. The largest absolute Gasteiger partial charge is 0.493 e. The van der Waals surface area contributed by atoms with Crippen LogP contribution in [-0.4, -0.2) is 56.3 Å². The predicted molar refractivity (Wildman–Crippen MR) is 110 cm³/mol. The predicted octanol–water partition coefficient (Wildman–Crippen LogP) is 2.09. The van der Waals surface area contributed by atoms with E-state index in [1.807, 2.05) is 6.07 Å². The number of hydrogen-bond acceptors (Lipinski definition) is 5. The summed E-state index contributed by atoms with van der Waals surface area (Å²) in [4.78, 5) is 13.6. The van der Waals surface area contributed by atoms with Crippen LogP contribution in [0.4, 0.5) is 5.69 Å². The van der Waals surface area contributed by atoms with E-state index in [-0.39, 0.29) is 10.8 Å². The van der Waals surface area contributed by atoms with Crippen molar-refractivity contribution in [2.75, 3.05) is 38.1 Å². The first-order chi connectivity index (χ1) is 13.9. The zero-order chi connectivity index (χ0) is 20.4. The summed E-state index contributed by atoms with van der Waals surface area (Å²) in [6.07, 6.45) is 0.954. The number of sulfonamides is 1. The number of nitrogens with one attached hydrogen (secondary N) is 1. The lowest BCUT2D eigenvalue weighted by atomic mass is 10.1. The molecule has 0 spiro atoms. The minimum absolute atomic E-state index is 0.187. The fourth-order valence-corrected chi connectivity index (χ4v) is 5.21. The first kappa shape index (κ1) is 19.9. The first-order valence-electron chi connectivity index (χ1n) is 9.76.